The molecule has 4 aromatic rings. The predicted octanol–water partition coefficient (Wildman–Crippen LogP) is -0.616. The van der Waals surface area contributed by atoms with Gasteiger partial charge in [-0.3, -0.25) is 23.1 Å². The van der Waals surface area contributed by atoms with Crippen LogP contribution in [0.4, 0.5) is 16.2 Å². The predicted molar refractivity (Wildman–Crippen MR) is 150 cm³/mol. The Morgan fingerprint density at radius 3 is 2.61 bits per heavy atom. The van der Waals surface area contributed by atoms with Gasteiger partial charge >= 0.3 is 6.72 Å². The van der Waals surface area contributed by atoms with Crippen molar-refractivity contribution >= 4 is 62.7 Å². The Balaban J connectivity index is 1.19. The first-order valence-corrected chi connectivity index (χ1v) is 17.2. The molecule has 0 aliphatic carbocycles. The molecule has 2 bridgehead atoms. The molecule has 23 heteroatoms. The quantitative estimate of drug-likeness (QED) is 0.153. The molecule has 8 atom stereocenters. The number of fused-ring (bicyclic) bond motifs is 5. The van der Waals surface area contributed by atoms with Gasteiger partial charge in [0.25, 0.3) is 15.7 Å². The van der Waals surface area contributed by atoms with Crippen molar-refractivity contribution in [3.8, 4) is 0 Å². The summed E-state index contributed by atoms with van der Waals surface area (Å²) in [5, 5.41) is 0. The number of nitrogens with two attached hydrogens (primary N) is 2. The van der Waals surface area contributed by atoms with Crippen LogP contribution in [0.2, 0.25) is 0 Å². The standard InChI is InChI=1S/C21H24FN10O9PS2/c22-11-14-10(39-20(11)31-6-27-12-15(23)25-5-26-16(12)31)4-37-42(34,43)40-9-3-8(1-2-44(35,36)41-14)38-19(9)32-7-28-13-17(32)29-21(24)30-18(13)33/h5-11,14,19-20H,1-4H2,(H,34,43)(H2,23,25,26)(H3,24,29,30,33)/t8-,9-,10-,11-,14-,19-,20-,42?/m1/s1. The van der Waals surface area contributed by atoms with Gasteiger partial charge in [0.05, 0.1) is 31.1 Å². The van der Waals surface area contributed by atoms with Gasteiger partial charge in [0.1, 0.15) is 30.2 Å². The highest BCUT2D eigenvalue weighted by molar-refractivity contribution is 8.07. The van der Waals surface area contributed by atoms with E-state index in [1.54, 1.807) is 0 Å². The number of anilines is 2. The molecule has 44 heavy (non-hydrogen) atoms. The lowest BCUT2D eigenvalue weighted by Gasteiger charge is -2.26. The van der Waals surface area contributed by atoms with Crippen LogP contribution in [0.3, 0.4) is 0 Å². The summed E-state index contributed by atoms with van der Waals surface area (Å²) in [5.41, 5.74) is 11.3. The fraction of sp³-hybridized carbons (Fsp3) is 0.524. The number of hydrogen-bond acceptors (Lipinski definition) is 16. The van der Waals surface area contributed by atoms with E-state index in [1.165, 1.54) is 21.8 Å². The lowest BCUT2D eigenvalue weighted by molar-refractivity contribution is -0.0500. The molecule has 6 N–H and O–H groups in total. The molecule has 0 saturated carbocycles. The fourth-order valence-corrected chi connectivity index (χ4v) is 8.12. The van der Waals surface area contributed by atoms with Crippen LogP contribution in [-0.4, -0.2) is 95.3 Å². The molecule has 3 aliphatic rings. The third-order valence-electron chi connectivity index (χ3n) is 7.42. The van der Waals surface area contributed by atoms with E-state index in [1.807, 2.05) is 0 Å². The van der Waals surface area contributed by atoms with Crippen LogP contribution in [-0.2, 0) is 44.6 Å². The van der Waals surface area contributed by atoms with E-state index in [9.17, 15) is 18.1 Å². The van der Waals surface area contributed by atoms with Crippen molar-refractivity contribution in [3.63, 3.8) is 0 Å². The van der Waals surface area contributed by atoms with Crippen LogP contribution in [0.25, 0.3) is 22.3 Å². The Morgan fingerprint density at radius 2 is 1.82 bits per heavy atom. The number of nitrogens with zero attached hydrogens (tertiary/aromatic N) is 7. The van der Waals surface area contributed by atoms with Crippen LogP contribution in [0.15, 0.2) is 23.8 Å². The molecular weight excluding hydrogens is 650 g/mol. The molecule has 1 unspecified atom stereocenters. The highest BCUT2D eigenvalue weighted by atomic mass is 32.5. The van der Waals surface area contributed by atoms with Crippen LogP contribution in [0.1, 0.15) is 25.3 Å². The Labute approximate surface area is 251 Å². The van der Waals surface area contributed by atoms with Crippen LogP contribution in [0, 0.1) is 0 Å². The minimum absolute atomic E-state index is 0.0327. The number of aromatic nitrogens is 8. The minimum Gasteiger partial charge on any atom is -0.382 e. The Morgan fingerprint density at radius 1 is 1.07 bits per heavy atom. The van der Waals surface area contributed by atoms with Gasteiger partial charge in [-0.25, -0.2) is 24.3 Å². The lowest BCUT2D eigenvalue weighted by Crippen LogP contribution is -2.37. The molecule has 3 saturated heterocycles. The van der Waals surface area contributed by atoms with Crippen LogP contribution >= 0.6 is 6.72 Å². The minimum atomic E-state index is -4.36. The van der Waals surface area contributed by atoms with Crippen LogP contribution < -0.4 is 17.0 Å². The summed E-state index contributed by atoms with van der Waals surface area (Å²) < 4.78 is 73.4. The van der Waals surface area contributed by atoms with E-state index in [4.69, 9.17) is 46.0 Å². The number of halogens is 1. The second kappa shape index (κ2) is 10.7. The normalized spacial score (nSPS) is 34.4. The number of rotatable bonds is 2. The lowest BCUT2D eigenvalue weighted by atomic mass is 10.1. The summed E-state index contributed by atoms with van der Waals surface area (Å²) >= 11 is 5.26. The fourth-order valence-electron chi connectivity index (χ4n) is 5.46. The van der Waals surface area contributed by atoms with E-state index in [2.05, 4.69) is 29.9 Å². The highest BCUT2D eigenvalue weighted by Gasteiger charge is 2.51. The number of ether oxygens (including phenoxy) is 2. The largest absolute Gasteiger partial charge is 0.382 e. The van der Waals surface area contributed by atoms with Gasteiger partial charge in [0, 0.05) is 6.42 Å². The maximum Gasteiger partial charge on any atom is 0.325 e. The van der Waals surface area contributed by atoms with Gasteiger partial charge in [0.2, 0.25) is 5.95 Å². The monoisotopic (exact) mass is 674 g/mol. The van der Waals surface area contributed by atoms with E-state index in [0.29, 0.717) is 0 Å². The first-order valence-electron chi connectivity index (χ1n) is 13.1. The van der Waals surface area contributed by atoms with E-state index in [0.717, 1.165) is 6.33 Å². The average molecular weight is 675 g/mol. The van der Waals surface area contributed by atoms with Gasteiger partial charge in [-0.2, -0.15) is 13.4 Å². The number of imidazole rings is 2. The van der Waals surface area contributed by atoms with Gasteiger partial charge in [0.15, 0.2) is 41.3 Å². The third-order valence-corrected chi connectivity index (χ3v) is 10.3. The number of H-pyrrole nitrogens is 1. The van der Waals surface area contributed by atoms with Gasteiger partial charge < -0.3 is 34.9 Å². The Bertz CT molecular complexity index is 1970. The molecule has 7 heterocycles. The molecule has 7 rings (SSSR count). The third kappa shape index (κ3) is 5.24. The number of alkyl halides is 1. The molecule has 4 aromatic heterocycles. The van der Waals surface area contributed by atoms with Crippen molar-refractivity contribution in [1.29, 1.82) is 0 Å². The zero-order valence-corrected chi connectivity index (χ0v) is 24.8. The number of aromatic amines is 1. The van der Waals surface area contributed by atoms with Crippen LogP contribution in [0.5, 0.6) is 0 Å². The summed E-state index contributed by atoms with van der Waals surface area (Å²) in [7, 11) is -4.36. The van der Waals surface area contributed by atoms with Gasteiger partial charge in [-0.15, -0.1) is 0 Å². The summed E-state index contributed by atoms with van der Waals surface area (Å²) in [5.74, 6) is -0.679. The second-order valence-electron chi connectivity index (χ2n) is 10.3. The zero-order chi connectivity index (χ0) is 31.0. The topological polar surface area (TPSA) is 260 Å². The Hall–Kier alpha value is -3.21. The molecule has 19 nitrogen and oxygen atoms in total. The zero-order valence-electron chi connectivity index (χ0n) is 22.2. The van der Waals surface area contributed by atoms with E-state index < -0.39 is 77.8 Å². The second-order valence-corrected chi connectivity index (χ2v) is 14.8. The summed E-state index contributed by atoms with van der Waals surface area (Å²) in [6, 6.07) is 0. The van der Waals surface area contributed by atoms with Crippen molar-refractivity contribution in [2.75, 3.05) is 23.8 Å². The maximum absolute atomic E-state index is 15.9. The molecule has 0 aromatic carbocycles. The summed E-state index contributed by atoms with van der Waals surface area (Å²) in [6.45, 7) is -4.70. The number of nitrogens with one attached hydrogen (secondary N) is 1. The average Bonchev–Trinajstić information content (AvgIpc) is 3.72. The van der Waals surface area contributed by atoms with Crippen molar-refractivity contribution in [1.82, 2.24) is 39.0 Å². The smallest absolute Gasteiger partial charge is 0.325 e. The maximum atomic E-state index is 15.9. The number of hydrogen-bond donors (Lipinski definition) is 4. The summed E-state index contributed by atoms with van der Waals surface area (Å²) in [6.07, 6.45) is -5.73. The molecule has 0 spiro atoms. The molecular formula is C21H24FN10O9PS2. The molecule has 3 aliphatic heterocycles. The first kappa shape index (κ1) is 29.5. The Kier molecular flexibility index (Phi) is 7.18. The number of nitrogen functional groups attached to an aromatic ring is 2. The van der Waals surface area contributed by atoms with Crippen molar-refractivity contribution < 1.29 is 40.4 Å². The SMILES string of the molecule is Nc1nc2c(ncn2[C@@H]2O[C@@H]3CCS(=O)(=O)O[C@H]4[C@@H](F)[C@H](n5cnc6c(N)ncnc65)O[C@@H]4COP(O)(=S)O[C@@H]2C3)c(=O)[nH]1. The molecule has 0 radical (unpaired) electrons. The van der Waals surface area contributed by atoms with Crippen molar-refractivity contribution in [2.24, 2.45) is 0 Å². The molecule has 0 amide bonds. The van der Waals surface area contributed by atoms with Gasteiger partial charge in [-0.05, 0) is 18.2 Å². The molecule has 3 fully saturated rings. The molecule has 236 valence electrons. The summed E-state index contributed by atoms with van der Waals surface area (Å²) in [4.78, 5) is 45.9. The van der Waals surface area contributed by atoms with Crippen molar-refractivity contribution in [3.05, 3.63) is 29.3 Å². The van der Waals surface area contributed by atoms with Crippen molar-refractivity contribution in [2.45, 2.75) is 55.9 Å². The van der Waals surface area contributed by atoms with E-state index in [-0.39, 0.29) is 46.9 Å². The van der Waals surface area contributed by atoms with Gasteiger partial charge in [-0.1, -0.05) is 0 Å². The first-order chi connectivity index (χ1) is 20.9. The van der Waals surface area contributed by atoms with E-state index >= 15 is 4.39 Å². The highest BCUT2D eigenvalue weighted by Crippen LogP contribution is 2.51.